The number of carbonyl (C=O) groups is 1. The second-order valence-electron chi connectivity index (χ2n) is 6.96. The molecule has 7 nitrogen and oxygen atoms in total. The maximum atomic E-state index is 12.6. The van der Waals surface area contributed by atoms with Gasteiger partial charge in [0.05, 0.1) is 6.54 Å². The Morgan fingerprint density at radius 2 is 1.87 bits per heavy atom. The molecule has 1 heterocycles. The van der Waals surface area contributed by atoms with Gasteiger partial charge in [-0.3, -0.25) is 4.79 Å². The number of likely N-dealkylation sites (N-methyl/N-ethyl adjacent to an activating group) is 1. The molecule has 0 aliphatic heterocycles. The van der Waals surface area contributed by atoms with Gasteiger partial charge in [-0.15, -0.1) is 0 Å². The molecule has 3 aromatic rings. The van der Waals surface area contributed by atoms with E-state index in [1.807, 2.05) is 48.5 Å². The molecule has 7 heteroatoms. The summed E-state index contributed by atoms with van der Waals surface area (Å²) in [5.41, 5.74) is 2.65. The van der Waals surface area contributed by atoms with Crippen molar-refractivity contribution in [2.45, 2.75) is 26.9 Å². The molecule has 2 aromatic carbocycles. The molecule has 0 aliphatic rings. The Hall–Kier alpha value is -3.19. The predicted molar refractivity (Wildman–Crippen MR) is 116 cm³/mol. The quantitative estimate of drug-likeness (QED) is 0.529. The van der Waals surface area contributed by atoms with E-state index in [1.54, 1.807) is 11.0 Å². The van der Waals surface area contributed by atoms with Gasteiger partial charge < -0.3 is 15.0 Å². The maximum Gasteiger partial charge on any atom is 0.251 e. The molecule has 1 aromatic heterocycles. The minimum atomic E-state index is -0.111. The minimum absolute atomic E-state index is 0.111. The fourth-order valence-electron chi connectivity index (χ4n) is 3.16. The second kappa shape index (κ2) is 11.1. The number of hydrogen-bond acceptors (Lipinski definition) is 5. The van der Waals surface area contributed by atoms with Crippen molar-refractivity contribution in [1.29, 1.82) is 0 Å². The van der Waals surface area contributed by atoms with E-state index in [9.17, 15) is 4.79 Å². The highest BCUT2D eigenvalue weighted by atomic mass is 16.5. The lowest BCUT2D eigenvalue weighted by Crippen LogP contribution is -2.28. The van der Waals surface area contributed by atoms with Gasteiger partial charge in [0.15, 0.2) is 0 Å². The molecule has 1 N–H and O–H groups in total. The van der Waals surface area contributed by atoms with Gasteiger partial charge in [-0.05, 0) is 36.9 Å². The van der Waals surface area contributed by atoms with Crippen LogP contribution in [-0.2, 0) is 13.1 Å². The van der Waals surface area contributed by atoms with Crippen molar-refractivity contribution in [1.82, 2.24) is 25.0 Å². The molecule has 0 radical (unpaired) electrons. The Labute approximate surface area is 177 Å². The van der Waals surface area contributed by atoms with Crippen LogP contribution in [0.25, 0.3) is 0 Å². The number of benzene rings is 2. The summed E-state index contributed by atoms with van der Waals surface area (Å²) >= 11 is 0. The number of hydrogen-bond donors (Lipinski definition) is 1. The van der Waals surface area contributed by atoms with Crippen molar-refractivity contribution >= 4 is 5.91 Å². The van der Waals surface area contributed by atoms with Crippen molar-refractivity contribution in [3.05, 3.63) is 77.9 Å². The van der Waals surface area contributed by atoms with Crippen LogP contribution in [0.15, 0.2) is 61.2 Å². The molecule has 1 amide bonds. The first-order chi connectivity index (χ1) is 14.7. The fraction of sp³-hybridized carbons (Fsp3) is 0.348. The summed E-state index contributed by atoms with van der Waals surface area (Å²) in [6.07, 6.45) is 3.18. The van der Waals surface area contributed by atoms with Gasteiger partial charge in [0.2, 0.25) is 0 Å². The summed E-state index contributed by atoms with van der Waals surface area (Å²) < 4.78 is 7.71. The molecule has 0 atom stereocenters. The zero-order chi connectivity index (χ0) is 21.2. The molecule has 0 aliphatic carbocycles. The van der Waals surface area contributed by atoms with Gasteiger partial charge in [-0.25, -0.2) is 9.67 Å². The minimum Gasteiger partial charge on any atom is -0.492 e. The highest BCUT2D eigenvalue weighted by Gasteiger charge is 2.09. The van der Waals surface area contributed by atoms with Gasteiger partial charge in [0, 0.05) is 24.2 Å². The highest BCUT2D eigenvalue weighted by Crippen LogP contribution is 2.18. The molecule has 0 saturated carbocycles. The van der Waals surface area contributed by atoms with Crippen molar-refractivity contribution in [2.24, 2.45) is 0 Å². The van der Waals surface area contributed by atoms with Crippen molar-refractivity contribution < 1.29 is 9.53 Å². The lowest BCUT2D eigenvalue weighted by atomic mass is 10.1. The van der Waals surface area contributed by atoms with E-state index in [1.165, 1.54) is 6.33 Å². The van der Waals surface area contributed by atoms with Gasteiger partial charge >= 0.3 is 0 Å². The molecule has 0 spiro atoms. The van der Waals surface area contributed by atoms with Crippen LogP contribution in [0.4, 0.5) is 0 Å². The van der Waals surface area contributed by atoms with Crippen LogP contribution in [0.1, 0.15) is 35.3 Å². The monoisotopic (exact) mass is 407 g/mol. The number of rotatable bonds is 11. The molecule has 0 unspecified atom stereocenters. The number of aromatic nitrogens is 3. The first-order valence-corrected chi connectivity index (χ1v) is 10.3. The topological polar surface area (TPSA) is 72.3 Å². The van der Waals surface area contributed by atoms with E-state index in [2.05, 4.69) is 34.1 Å². The predicted octanol–water partition coefficient (Wildman–Crippen LogP) is 2.98. The van der Waals surface area contributed by atoms with E-state index in [-0.39, 0.29) is 5.91 Å². The lowest BCUT2D eigenvalue weighted by Gasteiger charge is -2.19. The highest BCUT2D eigenvalue weighted by molar-refractivity contribution is 5.94. The van der Waals surface area contributed by atoms with E-state index in [4.69, 9.17) is 4.74 Å². The summed E-state index contributed by atoms with van der Waals surface area (Å²) in [7, 11) is 0. The summed E-state index contributed by atoms with van der Waals surface area (Å²) in [5, 5.41) is 7.08. The molecule has 30 heavy (non-hydrogen) atoms. The van der Waals surface area contributed by atoms with Crippen molar-refractivity contribution in [3.63, 3.8) is 0 Å². The van der Waals surface area contributed by atoms with E-state index in [0.29, 0.717) is 25.3 Å². The SMILES string of the molecule is CCN(CC)CCOc1ccccc1CNC(=O)c1ccc(Cn2cncn2)cc1. The summed E-state index contributed by atoms with van der Waals surface area (Å²) in [5.74, 6) is 0.702. The van der Waals surface area contributed by atoms with Crippen molar-refractivity contribution in [3.8, 4) is 5.75 Å². The standard InChI is InChI=1S/C23H29N5O2/c1-3-27(4-2)13-14-30-22-8-6-5-7-21(22)15-25-23(29)20-11-9-19(10-12-20)16-28-18-24-17-26-28/h5-12,17-18H,3-4,13-16H2,1-2H3,(H,25,29). The molecule has 0 bridgehead atoms. The average Bonchev–Trinajstić information content (AvgIpc) is 3.29. The average molecular weight is 408 g/mol. The van der Waals surface area contributed by atoms with Crippen molar-refractivity contribution in [2.75, 3.05) is 26.2 Å². The van der Waals surface area contributed by atoms with Gasteiger partial charge in [0.1, 0.15) is 25.0 Å². The zero-order valence-electron chi connectivity index (χ0n) is 17.6. The number of carbonyl (C=O) groups excluding carboxylic acids is 1. The van der Waals surface area contributed by atoms with Crippen LogP contribution in [0.5, 0.6) is 5.75 Å². The van der Waals surface area contributed by atoms with Crippen LogP contribution < -0.4 is 10.1 Å². The summed E-state index contributed by atoms with van der Waals surface area (Å²) in [6.45, 7) is 8.86. The van der Waals surface area contributed by atoms with Crippen LogP contribution in [0.2, 0.25) is 0 Å². The van der Waals surface area contributed by atoms with Crippen LogP contribution in [-0.4, -0.2) is 51.8 Å². The zero-order valence-corrected chi connectivity index (χ0v) is 17.6. The number of para-hydroxylation sites is 1. The van der Waals surface area contributed by atoms with Crippen LogP contribution in [0.3, 0.4) is 0 Å². The van der Waals surface area contributed by atoms with Crippen LogP contribution in [0, 0.1) is 0 Å². The van der Waals surface area contributed by atoms with Gasteiger partial charge in [0.25, 0.3) is 5.91 Å². The van der Waals surface area contributed by atoms with E-state index >= 15 is 0 Å². The normalized spacial score (nSPS) is 10.9. The van der Waals surface area contributed by atoms with Crippen LogP contribution >= 0.6 is 0 Å². The Balaban J connectivity index is 1.53. The fourth-order valence-corrected chi connectivity index (χ4v) is 3.16. The Kier molecular flexibility index (Phi) is 7.97. The second-order valence-corrected chi connectivity index (χ2v) is 6.96. The number of nitrogens with zero attached hydrogens (tertiary/aromatic N) is 4. The molecular weight excluding hydrogens is 378 g/mol. The molecule has 3 rings (SSSR count). The number of nitrogens with one attached hydrogen (secondary N) is 1. The third-order valence-corrected chi connectivity index (χ3v) is 5.00. The molecule has 0 saturated heterocycles. The third-order valence-electron chi connectivity index (χ3n) is 5.00. The van der Waals surface area contributed by atoms with E-state index < -0.39 is 0 Å². The largest absolute Gasteiger partial charge is 0.492 e. The lowest BCUT2D eigenvalue weighted by molar-refractivity contribution is 0.0950. The van der Waals surface area contributed by atoms with Gasteiger partial charge in [-0.1, -0.05) is 44.2 Å². The summed E-state index contributed by atoms with van der Waals surface area (Å²) in [4.78, 5) is 18.8. The summed E-state index contributed by atoms with van der Waals surface area (Å²) in [6, 6.07) is 15.4. The Morgan fingerprint density at radius 3 is 2.57 bits per heavy atom. The Bertz CT molecular complexity index is 906. The number of ether oxygens (including phenoxy) is 1. The molecular formula is C23H29N5O2. The van der Waals surface area contributed by atoms with Gasteiger partial charge in [-0.2, -0.15) is 5.10 Å². The number of amides is 1. The first-order valence-electron chi connectivity index (χ1n) is 10.3. The molecule has 158 valence electrons. The third kappa shape index (κ3) is 6.15. The molecule has 0 fully saturated rings. The first kappa shape index (κ1) is 21.5. The van der Waals surface area contributed by atoms with E-state index in [0.717, 1.165) is 36.5 Å². The Morgan fingerprint density at radius 1 is 1.10 bits per heavy atom. The smallest absolute Gasteiger partial charge is 0.251 e. The maximum absolute atomic E-state index is 12.6.